The van der Waals surface area contributed by atoms with Crippen LogP contribution in [0.3, 0.4) is 0 Å². The maximum Gasteiger partial charge on any atom is 0.0725 e. The number of hydrogen-bond donors (Lipinski definition) is 0. The molecule has 2 rings (SSSR count). The zero-order chi connectivity index (χ0) is 13.1. The third kappa shape index (κ3) is 3.46. The van der Waals surface area contributed by atoms with Crippen molar-refractivity contribution >= 4 is 0 Å². The normalized spacial score (nSPS) is 29.3. The van der Waals surface area contributed by atoms with Crippen molar-refractivity contribution in [3.8, 4) is 0 Å². The Labute approximate surface area is 112 Å². The molecule has 0 amide bonds. The van der Waals surface area contributed by atoms with Crippen LogP contribution in [0, 0.1) is 5.92 Å². The van der Waals surface area contributed by atoms with E-state index < -0.39 is 0 Å². The van der Waals surface area contributed by atoms with Gasteiger partial charge in [-0.2, -0.15) is 0 Å². The molecular formula is C15H30N2O. The fourth-order valence-corrected chi connectivity index (χ4v) is 3.20. The minimum Gasteiger partial charge on any atom is -0.375 e. The largest absolute Gasteiger partial charge is 0.375 e. The monoisotopic (exact) mass is 254 g/mol. The molecule has 18 heavy (non-hydrogen) atoms. The third-order valence-electron chi connectivity index (χ3n) is 4.61. The van der Waals surface area contributed by atoms with E-state index in [1.165, 1.54) is 25.9 Å². The standard InChI is InChI=1S/C15H30N2O/c1-12(2)15-11-17(9-10-18-15)14-5-7-16(8-6-14)13(3)4/h12-15H,5-11H2,1-4H3. The topological polar surface area (TPSA) is 15.7 Å². The van der Waals surface area contributed by atoms with E-state index in [0.717, 1.165) is 25.7 Å². The summed E-state index contributed by atoms with van der Waals surface area (Å²) >= 11 is 0. The first-order valence-corrected chi connectivity index (χ1v) is 7.67. The quantitative estimate of drug-likeness (QED) is 0.768. The Morgan fingerprint density at radius 1 is 1.00 bits per heavy atom. The van der Waals surface area contributed by atoms with Crippen molar-refractivity contribution in [2.45, 2.75) is 58.7 Å². The zero-order valence-corrected chi connectivity index (χ0v) is 12.6. The van der Waals surface area contributed by atoms with Gasteiger partial charge in [0.15, 0.2) is 0 Å². The van der Waals surface area contributed by atoms with Crippen LogP contribution in [0.15, 0.2) is 0 Å². The first-order valence-electron chi connectivity index (χ1n) is 7.67. The SMILES string of the molecule is CC(C)C1CN(C2CCN(C(C)C)CC2)CCO1. The highest BCUT2D eigenvalue weighted by Gasteiger charge is 2.30. The minimum atomic E-state index is 0.446. The van der Waals surface area contributed by atoms with Crippen LogP contribution in [0.25, 0.3) is 0 Å². The average molecular weight is 254 g/mol. The number of likely N-dealkylation sites (tertiary alicyclic amines) is 1. The van der Waals surface area contributed by atoms with Crippen molar-refractivity contribution < 1.29 is 4.74 Å². The van der Waals surface area contributed by atoms with Gasteiger partial charge in [0.05, 0.1) is 12.7 Å². The maximum absolute atomic E-state index is 5.87. The number of morpholine rings is 1. The highest BCUT2D eigenvalue weighted by atomic mass is 16.5. The van der Waals surface area contributed by atoms with E-state index in [2.05, 4.69) is 37.5 Å². The molecule has 0 aromatic heterocycles. The molecule has 0 aromatic carbocycles. The van der Waals surface area contributed by atoms with Gasteiger partial charge in [-0.15, -0.1) is 0 Å². The van der Waals surface area contributed by atoms with Gasteiger partial charge < -0.3 is 9.64 Å². The average Bonchev–Trinajstić information content (AvgIpc) is 2.39. The highest BCUT2D eigenvalue weighted by molar-refractivity contribution is 4.84. The molecule has 2 fully saturated rings. The summed E-state index contributed by atoms with van der Waals surface area (Å²) in [4.78, 5) is 5.29. The molecule has 0 bridgehead atoms. The molecule has 2 aliphatic heterocycles. The maximum atomic E-state index is 5.87. The van der Waals surface area contributed by atoms with Crippen LogP contribution in [0.1, 0.15) is 40.5 Å². The van der Waals surface area contributed by atoms with E-state index >= 15 is 0 Å². The summed E-state index contributed by atoms with van der Waals surface area (Å²) in [5.41, 5.74) is 0. The van der Waals surface area contributed by atoms with Gasteiger partial charge in [0, 0.05) is 25.2 Å². The molecule has 0 N–H and O–H groups in total. The fourth-order valence-electron chi connectivity index (χ4n) is 3.20. The first kappa shape index (κ1) is 14.3. The van der Waals surface area contributed by atoms with Crippen LogP contribution >= 0.6 is 0 Å². The second-order valence-corrected chi connectivity index (χ2v) is 6.51. The van der Waals surface area contributed by atoms with Crippen LogP contribution in [-0.4, -0.2) is 60.8 Å². The van der Waals surface area contributed by atoms with E-state index in [1.807, 2.05) is 0 Å². The Balaban J connectivity index is 1.82. The Kier molecular flexibility index (Phi) is 5.05. The molecule has 2 aliphatic rings. The summed E-state index contributed by atoms with van der Waals surface area (Å²) in [5.74, 6) is 0.642. The second-order valence-electron chi connectivity index (χ2n) is 6.51. The number of ether oxygens (including phenoxy) is 1. The Morgan fingerprint density at radius 3 is 2.22 bits per heavy atom. The van der Waals surface area contributed by atoms with Gasteiger partial charge in [-0.1, -0.05) is 13.8 Å². The Bertz CT molecular complexity index is 247. The van der Waals surface area contributed by atoms with Gasteiger partial charge in [0.2, 0.25) is 0 Å². The lowest BCUT2D eigenvalue weighted by Gasteiger charge is -2.43. The molecule has 3 nitrogen and oxygen atoms in total. The van der Waals surface area contributed by atoms with Crippen LogP contribution in [-0.2, 0) is 4.74 Å². The summed E-state index contributed by atoms with van der Waals surface area (Å²) < 4.78 is 5.87. The summed E-state index contributed by atoms with van der Waals surface area (Å²) in [6.45, 7) is 14.9. The van der Waals surface area contributed by atoms with Gasteiger partial charge in [0.1, 0.15) is 0 Å². The summed E-state index contributed by atoms with van der Waals surface area (Å²) in [6.07, 6.45) is 3.12. The number of nitrogens with zero attached hydrogens (tertiary/aromatic N) is 2. The molecule has 106 valence electrons. The van der Waals surface area contributed by atoms with Crippen molar-refractivity contribution in [2.75, 3.05) is 32.8 Å². The van der Waals surface area contributed by atoms with Crippen LogP contribution in [0.2, 0.25) is 0 Å². The molecule has 0 spiro atoms. The van der Waals surface area contributed by atoms with E-state index in [-0.39, 0.29) is 0 Å². The van der Waals surface area contributed by atoms with Crippen molar-refractivity contribution in [1.29, 1.82) is 0 Å². The van der Waals surface area contributed by atoms with Crippen molar-refractivity contribution in [3.63, 3.8) is 0 Å². The summed E-state index contributed by atoms with van der Waals surface area (Å²) in [6, 6.07) is 1.50. The Morgan fingerprint density at radius 2 is 1.67 bits per heavy atom. The van der Waals surface area contributed by atoms with Crippen LogP contribution in [0.4, 0.5) is 0 Å². The molecule has 2 saturated heterocycles. The Hall–Kier alpha value is -0.120. The van der Waals surface area contributed by atoms with Gasteiger partial charge in [-0.05, 0) is 45.7 Å². The number of hydrogen-bond acceptors (Lipinski definition) is 3. The lowest BCUT2D eigenvalue weighted by molar-refractivity contribution is -0.0709. The lowest BCUT2D eigenvalue weighted by atomic mass is 9.99. The van der Waals surface area contributed by atoms with E-state index in [4.69, 9.17) is 4.74 Å². The molecule has 0 aromatic rings. The minimum absolute atomic E-state index is 0.446. The van der Waals surface area contributed by atoms with Gasteiger partial charge in [0.25, 0.3) is 0 Å². The smallest absolute Gasteiger partial charge is 0.0725 e. The van der Waals surface area contributed by atoms with E-state index in [9.17, 15) is 0 Å². The molecule has 1 unspecified atom stereocenters. The zero-order valence-electron chi connectivity index (χ0n) is 12.6. The second kappa shape index (κ2) is 6.36. The molecule has 2 heterocycles. The molecule has 0 saturated carbocycles. The lowest BCUT2D eigenvalue weighted by Crippen LogP contribution is -2.53. The first-order chi connectivity index (χ1) is 8.58. The molecular weight excluding hydrogens is 224 g/mol. The third-order valence-corrected chi connectivity index (χ3v) is 4.61. The van der Waals surface area contributed by atoms with Crippen LogP contribution < -0.4 is 0 Å². The van der Waals surface area contributed by atoms with Crippen molar-refractivity contribution in [1.82, 2.24) is 9.80 Å². The number of piperidine rings is 1. The molecule has 0 radical (unpaired) electrons. The highest BCUT2D eigenvalue weighted by Crippen LogP contribution is 2.22. The van der Waals surface area contributed by atoms with Crippen molar-refractivity contribution in [2.24, 2.45) is 5.92 Å². The van der Waals surface area contributed by atoms with Crippen molar-refractivity contribution in [3.05, 3.63) is 0 Å². The van der Waals surface area contributed by atoms with Gasteiger partial charge >= 0.3 is 0 Å². The molecule has 0 aliphatic carbocycles. The van der Waals surface area contributed by atoms with E-state index in [1.54, 1.807) is 0 Å². The molecule has 3 heteroatoms. The summed E-state index contributed by atoms with van der Waals surface area (Å²) in [5, 5.41) is 0. The fraction of sp³-hybridized carbons (Fsp3) is 1.00. The van der Waals surface area contributed by atoms with E-state index in [0.29, 0.717) is 18.1 Å². The molecule has 1 atom stereocenters. The number of rotatable bonds is 3. The van der Waals surface area contributed by atoms with Gasteiger partial charge in [-0.3, -0.25) is 4.90 Å². The predicted octanol–water partition coefficient (Wildman–Crippen LogP) is 2.22. The predicted molar refractivity (Wildman–Crippen MR) is 75.9 cm³/mol. The van der Waals surface area contributed by atoms with Crippen LogP contribution in [0.5, 0.6) is 0 Å². The van der Waals surface area contributed by atoms with Gasteiger partial charge in [-0.25, -0.2) is 0 Å². The summed E-state index contributed by atoms with van der Waals surface area (Å²) in [7, 11) is 0.